The number of rotatable bonds is 3. The molecule has 8 heteroatoms. The summed E-state index contributed by atoms with van der Waals surface area (Å²) in [5.74, 6) is -0.0110. The van der Waals surface area contributed by atoms with Gasteiger partial charge in [-0.15, -0.1) is 0 Å². The zero-order valence-electron chi connectivity index (χ0n) is 9.92. The molecule has 1 saturated carbocycles. The lowest BCUT2D eigenvalue weighted by atomic mass is 10.3. The first kappa shape index (κ1) is 13.9. The maximum atomic E-state index is 11.5. The van der Waals surface area contributed by atoms with Gasteiger partial charge in [-0.1, -0.05) is 0 Å². The lowest BCUT2D eigenvalue weighted by molar-refractivity contribution is -0.120. The minimum Gasteiger partial charge on any atom is -0.332 e. The minimum atomic E-state index is -3.70. The quantitative estimate of drug-likeness (QED) is 0.708. The third-order valence-corrected chi connectivity index (χ3v) is 3.76. The van der Waals surface area contributed by atoms with E-state index in [0.717, 1.165) is 12.8 Å². The van der Waals surface area contributed by atoms with Crippen molar-refractivity contribution in [2.45, 2.75) is 17.7 Å². The smallest absolute Gasteiger partial charge is 0.238 e. The molecule has 1 amide bonds. The number of benzene rings is 1. The van der Waals surface area contributed by atoms with Crippen LogP contribution in [-0.2, 0) is 14.8 Å². The van der Waals surface area contributed by atoms with Crippen molar-refractivity contribution in [2.75, 3.05) is 5.32 Å². The molecule has 0 heterocycles. The van der Waals surface area contributed by atoms with Crippen LogP contribution in [-0.4, -0.2) is 19.4 Å². The van der Waals surface area contributed by atoms with E-state index in [2.05, 4.69) is 10.6 Å². The Balaban J connectivity index is 1.95. The minimum absolute atomic E-state index is 0.0194. The van der Waals surface area contributed by atoms with E-state index in [9.17, 15) is 13.2 Å². The summed E-state index contributed by atoms with van der Waals surface area (Å²) in [7, 11) is -3.70. The summed E-state index contributed by atoms with van der Waals surface area (Å²) in [5, 5.41) is 10.5. The van der Waals surface area contributed by atoms with Crippen LogP contribution < -0.4 is 15.8 Å². The Labute approximate surface area is 116 Å². The van der Waals surface area contributed by atoms with Crippen molar-refractivity contribution in [2.24, 2.45) is 11.1 Å². The second-order valence-corrected chi connectivity index (χ2v) is 6.26. The Hall–Kier alpha value is -1.51. The Bertz CT molecular complexity index is 607. The predicted molar refractivity (Wildman–Crippen MR) is 74.9 cm³/mol. The van der Waals surface area contributed by atoms with Gasteiger partial charge in [0.2, 0.25) is 15.9 Å². The first-order valence-corrected chi connectivity index (χ1v) is 7.56. The summed E-state index contributed by atoms with van der Waals surface area (Å²) >= 11 is 4.98. The lowest BCUT2D eigenvalue weighted by Crippen LogP contribution is -2.35. The SMILES string of the molecule is NS(=O)(=O)c1ccc(NC(=S)NC(=O)C2CC2)cc1. The Kier molecular flexibility index (Phi) is 3.83. The molecule has 19 heavy (non-hydrogen) atoms. The molecule has 0 aromatic heterocycles. The molecule has 4 N–H and O–H groups in total. The summed E-state index contributed by atoms with van der Waals surface area (Å²) in [6, 6.07) is 5.77. The molecule has 1 aromatic carbocycles. The van der Waals surface area contributed by atoms with Gasteiger partial charge in [0.1, 0.15) is 0 Å². The van der Waals surface area contributed by atoms with E-state index < -0.39 is 10.0 Å². The molecule has 0 spiro atoms. The highest BCUT2D eigenvalue weighted by Crippen LogP contribution is 2.28. The number of hydrogen-bond donors (Lipinski definition) is 3. The Morgan fingerprint density at radius 3 is 2.32 bits per heavy atom. The lowest BCUT2D eigenvalue weighted by Gasteiger charge is -2.09. The van der Waals surface area contributed by atoms with Crippen LogP contribution in [0.25, 0.3) is 0 Å². The molecule has 0 aliphatic heterocycles. The number of nitrogens with two attached hydrogens (primary N) is 1. The summed E-state index contributed by atoms with van der Waals surface area (Å²) in [4.78, 5) is 11.5. The number of carbonyl (C=O) groups excluding carboxylic acids is 1. The van der Waals surface area contributed by atoms with Crippen LogP contribution in [0.2, 0.25) is 0 Å². The molecule has 0 unspecified atom stereocenters. The third kappa shape index (κ3) is 3.98. The summed E-state index contributed by atoms with van der Waals surface area (Å²) in [6.45, 7) is 0. The van der Waals surface area contributed by atoms with E-state index >= 15 is 0 Å². The van der Waals surface area contributed by atoms with Crippen LogP contribution in [0.5, 0.6) is 0 Å². The topological polar surface area (TPSA) is 101 Å². The van der Waals surface area contributed by atoms with Gasteiger partial charge in [-0.2, -0.15) is 0 Å². The average Bonchev–Trinajstić information content (AvgIpc) is 3.11. The second-order valence-electron chi connectivity index (χ2n) is 4.29. The molecule has 1 aromatic rings. The highest BCUT2D eigenvalue weighted by atomic mass is 32.2. The molecule has 0 atom stereocenters. The van der Waals surface area contributed by atoms with Gasteiger partial charge in [0, 0.05) is 11.6 Å². The van der Waals surface area contributed by atoms with Crippen molar-refractivity contribution in [1.29, 1.82) is 0 Å². The first-order valence-electron chi connectivity index (χ1n) is 5.61. The highest BCUT2D eigenvalue weighted by molar-refractivity contribution is 7.89. The fourth-order valence-electron chi connectivity index (χ4n) is 1.45. The molecular weight excluding hydrogens is 286 g/mol. The predicted octanol–water partition coefficient (Wildman–Crippen LogP) is 0.557. The monoisotopic (exact) mass is 299 g/mol. The number of thiocarbonyl (C=S) groups is 1. The molecule has 0 bridgehead atoms. The molecule has 1 fully saturated rings. The van der Waals surface area contributed by atoms with Crippen molar-refractivity contribution in [1.82, 2.24) is 5.32 Å². The first-order chi connectivity index (χ1) is 8.86. The standard InChI is InChI=1S/C11H13N3O3S2/c12-19(16,17)9-5-3-8(4-6-9)13-11(18)14-10(15)7-1-2-7/h3-7H,1-2H2,(H2,12,16,17)(H2,13,14,15,18). The average molecular weight is 299 g/mol. The van der Waals surface area contributed by atoms with Gasteiger partial charge in [0.25, 0.3) is 0 Å². The molecule has 0 radical (unpaired) electrons. The Morgan fingerprint density at radius 1 is 1.26 bits per heavy atom. The fourth-order valence-corrected chi connectivity index (χ4v) is 2.18. The van der Waals surface area contributed by atoms with Crippen LogP contribution >= 0.6 is 12.2 Å². The van der Waals surface area contributed by atoms with E-state index in [1.165, 1.54) is 24.3 Å². The number of carbonyl (C=O) groups is 1. The van der Waals surface area contributed by atoms with Crippen LogP contribution in [0.4, 0.5) is 5.69 Å². The number of anilines is 1. The molecule has 2 rings (SSSR count). The van der Waals surface area contributed by atoms with Gasteiger partial charge in [0.15, 0.2) is 5.11 Å². The number of primary sulfonamides is 1. The molecule has 102 valence electrons. The summed E-state index contributed by atoms with van der Waals surface area (Å²) < 4.78 is 22.1. The number of nitrogens with one attached hydrogen (secondary N) is 2. The largest absolute Gasteiger partial charge is 0.332 e. The van der Waals surface area contributed by atoms with E-state index in [-0.39, 0.29) is 21.8 Å². The van der Waals surface area contributed by atoms with Gasteiger partial charge in [-0.3, -0.25) is 4.79 Å². The summed E-state index contributed by atoms with van der Waals surface area (Å²) in [6.07, 6.45) is 1.80. The zero-order chi connectivity index (χ0) is 14.0. The maximum Gasteiger partial charge on any atom is 0.238 e. The second kappa shape index (κ2) is 5.24. The zero-order valence-corrected chi connectivity index (χ0v) is 11.6. The van der Waals surface area contributed by atoms with Crippen LogP contribution in [0.3, 0.4) is 0 Å². The number of amides is 1. The third-order valence-electron chi connectivity index (χ3n) is 2.63. The molecular formula is C11H13N3O3S2. The van der Waals surface area contributed by atoms with E-state index in [4.69, 9.17) is 17.4 Å². The Morgan fingerprint density at radius 2 is 1.84 bits per heavy atom. The van der Waals surface area contributed by atoms with E-state index in [0.29, 0.717) is 5.69 Å². The maximum absolute atomic E-state index is 11.5. The number of hydrogen-bond acceptors (Lipinski definition) is 4. The van der Waals surface area contributed by atoms with Crippen molar-refractivity contribution in [3.05, 3.63) is 24.3 Å². The van der Waals surface area contributed by atoms with Crippen molar-refractivity contribution >= 4 is 38.9 Å². The molecule has 6 nitrogen and oxygen atoms in total. The van der Waals surface area contributed by atoms with Gasteiger partial charge in [-0.05, 0) is 49.3 Å². The van der Waals surface area contributed by atoms with Gasteiger partial charge in [-0.25, -0.2) is 13.6 Å². The van der Waals surface area contributed by atoms with Crippen LogP contribution in [0, 0.1) is 5.92 Å². The fraction of sp³-hybridized carbons (Fsp3) is 0.273. The van der Waals surface area contributed by atoms with Gasteiger partial charge < -0.3 is 10.6 Å². The normalized spacial score (nSPS) is 14.8. The molecule has 1 aliphatic carbocycles. The number of sulfonamides is 1. The van der Waals surface area contributed by atoms with E-state index in [1.54, 1.807) is 0 Å². The van der Waals surface area contributed by atoms with Gasteiger partial charge >= 0.3 is 0 Å². The van der Waals surface area contributed by atoms with Crippen molar-refractivity contribution in [3.8, 4) is 0 Å². The van der Waals surface area contributed by atoms with Crippen molar-refractivity contribution in [3.63, 3.8) is 0 Å². The van der Waals surface area contributed by atoms with Crippen LogP contribution in [0.1, 0.15) is 12.8 Å². The highest BCUT2D eigenvalue weighted by Gasteiger charge is 2.29. The summed E-state index contributed by atoms with van der Waals surface area (Å²) in [5.41, 5.74) is 0.577. The molecule has 1 aliphatic rings. The van der Waals surface area contributed by atoms with Crippen molar-refractivity contribution < 1.29 is 13.2 Å². The van der Waals surface area contributed by atoms with Gasteiger partial charge in [0.05, 0.1) is 4.90 Å². The molecule has 0 saturated heterocycles. The van der Waals surface area contributed by atoms with E-state index in [1.807, 2.05) is 0 Å². The van der Waals surface area contributed by atoms with Crippen LogP contribution in [0.15, 0.2) is 29.2 Å².